The molecule has 0 aliphatic heterocycles. The molecule has 2 nitrogen and oxygen atoms in total. The summed E-state index contributed by atoms with van der Waals surface area (Å²) in [7, 11) is 1.66. The summed E-state index contributed by atoms with van der Waals surface area (Å²) in [5.74, 6) is 1.60. The average Bonchev–Trinajstić information content (AvgIpc) is 2.31. The number of rotatable bonds is 6. The van der Waals surface area contributed by atoms with Gasteiger partial charge in [0.25, 0.3) is 0 Å². The average molecular weight is 220 g/mol. The van der Waals surface area contributed by atoms with Crippen LogP contribution in [0.2, 0.25) is 0 Å². The van der Waals surface area contributed by atoms with Gasteiger partial charge in [-0.2, -0.15) is 0 Å². The number of ether oxygens (including phenoxy) is 2. The molecule has 0 aliphatic rings. The summed E-state index contributed by atoms with van der Waals surface area (Å²) in [5, 5.41) is 0. The fraction of sp³-hybridized carbons (Fsp3) is 0.429. The van der Waals surface area contributed by atoms with E-state index < -0.39 is 0 Å². The van der Waals surface area contributed by atoms with Crippen molar-refractivity contribution < 1.29 is 9.47 Å². The highest BCUT2D eigenvalue weighted by Gasteiger charge is 2.03. The Kier molecular flexibility index (Phi) is 5.48. The lowest BCUT2D eigenvalue weighted by molar-refractivity contribution is 0.311. The van der Waals surface area contributed by atoms with Crippen molar-refractivity contribution in [3.8, 4) is 11.5 Å². The molecule has 0 saturated heterocycles. The third-order valence-electron chi connectivity index (χ3n) is 2.25. The fourth-order valence-electron chi connectivity index (χ4n) is 1.45. The van der Waals surface area contributed by atoms with Crippen LogP contribution >= 0.6 is 0 Å². The lowest BCUT2D eigenvalue weighted by Gasteiger charge is -2.09. The summed E-state index contributed by atoms with van der Waals surface area (Å²) in [6, 6.07) is 5.99. The molecule has 1 aromatic rings. The van der Waals surface area contributed by atoms with E-state index in [0.29, 0.717) is 6.61 Å². The molecule has 0 aromatic heterocycles. The minimum atomic E-state index is 0.654. The molecule has 0 bridgehead atoms. The third-order valence-corrected chi connectivity index (χ3v) is 2.25. The third kappa shape index (κ3) is 3.61. The van der Waals surface area contributed by atoms with Gasteiger partial charge in [-0.1, -0.05) is 31.6 Å². The van der Waals surface area contributed by atoms with Crippen molar-refractivity contribution in [2.45, 2.75) is 26.7 Å². The predicted octanol–water partition coefficient (Wildman–Crippen LogP) is 3.91. The Labute approximate surface area is 97.9 Å². The number of hydrogen-bond acceptors (Lipinski definition) is 2. The van der Waals surface area contributed by atoms with Crippen LogP contribution in [-0.4, -0.2) is 13.7 Å². The van der Waals surface area contributed by atoms with E-state index in [4.69, 9.17) is 9.47 Å². The largest absolute Gasteiger partial charge is 0.493 e. The zero-order valence-corrected chi connectivity index (χ0v) is 10.3. The highest BCUT2D eigenvalue weighted by molar-refractivity contribution is 5.55. The lowest BCUT2D eigenvalue weighted by Crippen LogP contribution is -1.95. The van der Waals surface area contributed by atoms with E-state index >= 15 is 0 Å². The van der Waals surface area contributed by atoms with Crippen molar-refractivity contribution in [3.63, 3.8) is 0 Å². The maximum absolute atomic E-state index is 5.46. The molecule has 0 aliphatic carbocycles. The summed E-state index contributed by atoms with van der Waals surface area (Å²) < 4.78 is 10.7. The topological polar surface area (TPSA) is 18.5 Å². The van der Waals surface area contributed by atoms with Gasteiger partial charge in [0.15, 0.2) is 11.5 Å². The van der Waals surface area contributed by atoms with E-state index in [2.05, 4.69) is 19.1 Å². The molecule has 0 spiro atoms. The molecule has 0 saturated carbocycles. The molecule has 0 amide bonds. The Morgan fingerprint density at radius 1 is 1.19 bits per heavy atom. The van der Waals surface area contributed by atoms with E-state index in [-0.39, 0.29) is 0 Å². The minimum Gasteiger partial charge on any atom is -0.493 e. The monoisotopic (exact) mass is 220 g/mol. The standard InChI is InChI=1S/C14H20O2/c1-4-6-7-8-12-9-10-13(16-5-2)14(11-12)15-3/h7-11H,4-6H2,1-3H3/b8-7+. The number of hydrogen-bond donors (Lipinski definition) is 0. The van der Waals surface area contributed by atoms with E-state index in [0.717, 1.165) is 23.5 Å². The van der Waals surface area contributed by atoms with Crippen molar-refractivity contribution >= 4 is 6.08 Å². The van der Waals surface area contributed by atoms with Crippen LogP contribution < -0.4 is 9.47 Å². The molecule has 2 heteroatoms. The van der Waals surface area contributed by atoms with Gasteiger partial charge in [-0.05, 0) is 31.0 Å². The Morgan fingerprint density at radius 3 is 2.62 bits per heavy atom. The normalized spacial score (nSPS) is 10.7. The van der Waals surface area contributed by atoms with E-state index in [1.54, 1.807) is 7.11 Å². The second-order valence-electron chi connectivity index (χ2n) is 3.53. The molecule has 0 N–H and O–H groups in total. The fourth-order valence-corrected chi connectivity index (χ4v) is 1.45. The van der Waals surface area contributed by atoms with Gasteiger partial charge < -0.3 is 9.47 Å². The van der Waals surface area contributed by atoms with Crippen molar-refractivity contribution in [2.75, 3.05) is 13.7 Å². The first-order chi connectivity index (χ1) is 7.81. The Bertz CT molecular complexity index is 343. The van der Waals surface area contributed by atoms with Crippen LogP contribution in [0.1, 0.15) is 32.3 Å². The van der Waals surface area contributed by atoms with Gasteiger partial charge >= 0.3 is 0 Å². The zero-order valence-electron chi connectivity index (χ0n) is 10.3. The summed E-state index contributed by atoms with van der Waals surface area (Å²) in [5.41, 5.74) is 1.15. The Morgan fingerprint density at radius 2 is 2.00 bits per heavy atom. The zero-order chi connectivity index (χ0) is 11.8. The number of benzene rings is 1. The SMILES string of the molecule is CCC/C=C/c1ccc(OCC)c(OC)c1. The van der Waals surface area contributed by atoms with Crippen LogP contribution in [0.3, 0.4) is 0 Å². The molecular weight excluding hydrogens is 200 g/mol. The van der Waals surface area contributed by atoms with Gasteiger partial charge in [-0.25, -0.2) is 0 Å². The first kappa shape index (κ1) is 12.6. The molecule has 1 aromatic carbocycles. The molecule has 16 heavy (non-hydrogen) atoms. The van der Waals surface area contributed by atoms with Gasteiger partial charge in [-0.15, -0.1) is 0 Å². The van der Waals surface area contributed by atoms with Gasteiger partial charge in [0, 0.05) is 0 Å². The minimum absolute atomic E-state index is 0.654. The molecule has 0 fully saturated rings. The Hall–Kier alpha value is -1.44. The Balaban J connectivity index is 2.81. The van der Waals surface area contributed by atoms with Crippen LogP contribution in [0.4, 0.5) is 0 Å². The van der Waals surface area contributed by atoms with Gasteiger partial charge in [0.1, 0.15) is 0 Å². The number of methoxy groups -OCH3 is 1. The van der Waals surface area contributed by atoms with Crippen LogP contribution in [0, 0.1) is 0 Å². The lowest BCUT2D eigenvalue weighted by atomic mass is 10.1. The van der Waals surface area contributed by atoms with Crippen molar-refractivity contribution in [1.29, 1.82) is 0 Å². The first-order valence-electron chi connectivity index (χ1n) is 5.79. The van der Waals surface area contributed by atoms with E-state index in [9.17, 15) is 0 Å². The summed E-state index contributed by atoms with van der Waals surface area (Å²) >= 11 is 0. The predicted molar refractivity (Wildman–Crippen MR) is 68.1 cm³/mol. The summed E-state index contributed by atoms with van der Waals surface area (Å²) in [6.07, 6.45) is 6.57. The first-order valence-corrected chi connectivity index (χ1v) is 5.79. The van der Waals surface area contributed by atoms with Gasteiger partial charge in [0.2, 0.25) is 0 Å². The second kappa shape index (κ2) is 6.94. The molecule has 0 heterocycles. The smallest absolute Gasteiger partial charge is 0.161 e. The van der Waals surface area contributed by atoms with Crippen LogP contribution in [0.25, 0.3) is 6.08 Å². The van der Waals surface area contributed by atoms with E-state index in [1.165, 1.54) is 6.42 Å². The van der Waals surface area contributed by atoms with Crippen molar-refractivity contribution in [3.05, 3.63) is 29.8 Å². The van der Waals surface area contributed by atoms with Crippen molar-refractivity contribution in [1.82, 2.24) is 0 Å². The van der Waals surface area contributed by atoms with Gasteiger partial charge in [0.05, 0.1) is 13.7 Å². The molecule has 1 rings (SSSR count). The number of unbranched alkanes of at least 4 members (excludes halogenated alkanes) is 1. The second-order valence-corrected chi connectivity index (χ2v) is 3.53. The van der Waals surface area contributed by atoms with Crippen molar-refractivity contribution in [2.24, 2.45) is 0 Å². The van der Waals surface area contributed by atoms with Crippen LogP contribution in [-0.2, 0) is 0 Å². The summed E-state index contributed by atoms with van der Waals surface area (Å²) in [6.45, 7) is 4.79. The molecule has 0 radical (unpaired) electrons. The van der Waals surface area contributed by atoms with Gasteiger partial charge in [-0.3, -0.25) is 0 Å². The maximum atomic E-state index is 5.46. The highest BCUT2D eigenvalue weighted by atomic mass is 16.5. The van der Waals surface area contributed by atoms with Crippen LogP contribution in [0.5, 0.6) is 11.5 Å². The summed E-state index contributed by atoms with van der Waals surface area (Å²) in [4.78, 5) is 0. The molecule has 0 unspecified atom stereocenters. The molecule has 0 atom stereocenters. The van der Waals surface area contributed by atoms with E-state index in [1.807, 2.05) is 25.1 Å². The quantitative estimate of drug-likeness (QED) is 0.723. The molecule has 88 valence electrons. The molecular formula is C14H20O2. The van der Waals surface area contributed by atoms with Crippen LogP contribution in [0.15, 0.2) is 24.3 Å². The number of allylic oxidation sites excluding steroid dienone is 1. The highest BCUT2D eigenvalue weighted by Crippen LogP contribution is 2.28. The maximum Gasteiger partial charge on any atom is 0.161 e.